The standard InChI is InChI=1S/C16H33N3O4S/c1-12(2)14(18-15(20)23-16(3,4)5)11-17-13-7-9-19(10-8-13)24(6,21)22/h12-14,17H,7-11H2,1-6H3,(H,18,20). The number of hydrogen-bond donors (Lipinski definition) is 2. The molecule has 142 valence electrons. The van der Waals surface area contributed by atoms with Gasteiger partial charge in [-0.25, -0.2) is 17.5 Å². The largest absolute Gasteiger partial charge is 0.444 e. The monoisotopic (exact) mass is 363 g/mol. The van der Waals surface area contributed by atoms with Crippen LogP contribution in [-0.2, 0) is 14.8 Å². The molecule has 1 saturated heterocycles. The molecule has 0 saturated carbocycles. The molecule has 1 amide bonds. The van der Waals surface area contributed by atoms with Crippen LogP contribution < -0.4 is 10.6 Å². The van der Waals surface area contributed by atoms with Gasteiger partial charge >= 0.3 is 6.09 Å². The van der Waals surface area contributed by atoms with Gasteiger partial charge in [-0.15, -0.1) is 0 Å². The molecule has 24 heavy (non-hydrogen) atoms. The van der Waals surface area contributed by atoms with Crippen LogP contribution in [0.1, 0.15) is 47.5 Å². The van der Waals surface area contributed by atoms with Crippen LogP contribution in [0.25, 0.3) is 0 Å². The first-order chi connectivity index (χ1) is 10.9. The molecule has 0 spiro atoms. The summed E-state index contributed by atoms with van der Waals surface area (Å²) in [6.45, 7) is 11.3. The van der Waals surface area contributed by atoms with Gasteiger partial charge in [0.05, 0.1) is 6.26 Å². The number of rotatable bonds is 6. The Balaban J connectivity index is 2.44. The highest BCUT2D eigenvalue weighted by Gasteiger charge is 2.26. The summed E-state index contributed by atoms with van der Waals surface area (Å²) in [7, 11) is -3.10. The van der Waals surface area contributed by atoms with Crippen molar-refractivity contribution in [1.29, 1.82) is 0 Å². The molecule has 8 heteroatoms. The predicted octanol–water partition coefficient (Wildman–Crippen LogP) is 1.55. The number of amides is 1. The van der Waals surface area contributed by atoms with Crippen LogP contribution in [-0.4, -0.2) is 62.4 Å². The fraction of sp³-hybridized carbons (Fsp3) is 0.938. The van der Waals surface area contributed by atoms with Crippen molar-refractivity contribution >= 4 is 16.1 Å². The van der Waals surface area contributed by atoms with Gasteiger partial charge in [0.25, 0.3) is 0 Å². The third-order valence-corrected chi connectivity index (χ3v) is 5.36. The highest BCUT2D eigenvalue weighted by molar-refractivity contribution is 7.88. The number of nitrogens with zero attached hydrogens (tertiary/aromatic N) is 1. The van der Waals surface area contributed by atoms with Crippen molar-refractivity contribution in [3.63, 3.8) is 0 Å². The number of carbonyl (C=O) groups excluding carboxylic acids is 1. The fourth-order valence-electron chi connectivity index (χ4n) is 2.60. The lowest BCUT2D eigenvalue weighted by Gasteiger charge is -2.32. The zero-order chi connectivity index (χ0) is 18.5. The molecular formula is C16H33N3O4S. The number of sulfonamides is 1. The molecule has 1 fully saturated rings. The second-order valence-electron chi connectivity index (χ2n) is 7.84. The maximum atomic E-state index is 11.9. The highest BCUT2D eigenvalue weighted by atomic mass is 32.2. The minimum Gasteiger partial charge on any atom is -0.444 e. The summed E-state index contributed by atoms with van der Waals surface area (Å²) in [6.07, 6.45) is 2.41. The topological polar surface area (TPSA) is 87.7 Å². The second-order valence-corrected chi connectivity index (χ2v) is 9.82. The van der Waals surface area contributed by atoms with E-state index in [0.717, 1.165) is 12.8 Å². The average molecular weight is 364 g/mol. The first-order valence-corrected chi connectivity index (χ1v) is 10.4. The molecule has 1 heterocycles. The van der Waals surface area contributed by atoms with Gasteiger partial charge in [0.1, 0.15) is 5.60 Å². The van der Waals surface area contributed by atoms with Crippen LogP contribution in [0.3, 0.4) is 0 Å². The van der Waals surface area contributed by atoms with E-state index >= 15 is 0 Å². The van der Waals surface area contributed by atoms with E-state index in [1.807, 2.05) is 20.8 Å². The molecule has 0 aromatic carbocycles. The summed E-state index contributed by atoms with van der Waals surface area (Å²) in [5, 5.41) is 6.37. The lowest BCUT2D eigenvalue weighted by molar-refractivity contribution is 0.0488. The lowest BCUT2D eigenvalue weighted by Crippen LogP contribution is -2.51. The van der Waals surface area contributed by atoms with E-state index in [4.69, 9.17) is 4.74 Å². The molecule has 0 radical (unpaired) electrons. The molecule has 1 rings (SSSR count). The van der Waals surface area contributed by atoms with Crippen molar-refractivity contribution in [1.82, 2.24) is 14.9 Å². The smallest absolute Gasteiger partial charge is 0.407 e. The van der Waals surface area contributed by atoms with Crippen molar-refractivity contribution in [2.24, 2.45) is 5.92 Å². The Morgan fingerprint density at radius 1 is 1.25 bits per heavy atom. The van der Waals surface area contributed by atoms with Gasteiger partial charge in [-0.05, 0) is 39.5 Å². The van der Waals surface area contributed by atoms with Crippen LogP contribution in [0.5, 0.6) is 0 Å². The predicted molar refractivity (Wildman–Crippen MR) is 95.4 cm³/mol. The molecule has 1 atom stereocenters. The molecule has 0 aromatic heterocycles. The van der Waals surface area contributed by atoms with Crippen molar-refractivity contribution in [3.8, 4) is 0 Å². The fourth-order valence-corrected chi connectivity index (χ4v) is 3.47. The van der Waals surface area contributed by atoms with Gasteiger partial charge < -0.3 is 15.4 Å². The van der Waals surface area contributed by atoms with E-state index < -0.39 is 21.7 Å². The van der Waals surface area contributed by atoms with Crippen LogP contribution in [0, 0.1) is 5.92 Å². The zero-order valence-electron chi connectivity index (χ0n) is 15.8. The van der Waals surface area contributed by atoms with E-state index in [9.17, 15) is 13.2 Å². The number of carbonyl (C=O) groups is 1. The molecule has 1 aliphatic heterocycles. The van der Waals surface area contributed by atoms with Gasteiger partial charge in [-0.2, -0.15) is 0 Å². The summed E-state index contributed by atoms with van der Waals surface area (Å²) in [5.41, 5.74) is -0.516. The Kier molecular flexibility index (Phi) is 7.49. The average Bonchev–Trinajstić information content (AvgIpc) is 2.40. The van der Waals surface area contributed by atoms with Gasteiger partial charge in [-0.1, -0.05) is 13.8 Å². The minimum absolute atomic E-state index is 0.0345. The molecule has 1 aliphatic rings. The van der Waals surface area contributed by atoms with Gasteiger partial charge in [0, 0.05) is 31.7 Å². The highest BCUT2D eigenvalue weighted by Crippen LogP contribution is 2.14. The number of alkyl carbamates (subject to hydrolysis) is 1. The van der Waals surface area contributed by atoms with Gasteiger partial charge in [0.2, 0.25) is 10.0 Å². The van der Waals surface area contributed by atoms with Crippen LogP contribution >= 0.6 is 0 Å². The molecule has 0 aromatic rings. The summed E-state index contributed by atoms with van der Waals surface area (Å²) in [6, 6.07) is 0.234. The third-order valence-electron chi connectivity index (χ3n) is 4.06. The van der Waals surface area contributed by atoms with Crippen LogP contribution in [0.2, 0.25) is 0 Å². The van der Waals surface area contributed by atoms with E-state index in [2.05, 4.69) is 24.5 Å². The second kappa shape index (κ2) is 8.49. The Labute approximate surface area is 146 Å². The quantitative estimate of drug-likeness (QED) is 0.747. The van der Waals surface area contributed by atoms with E-state index in [1.165, 1.54) is 10.6 Å². The molecule has 0 aliphatic carbocycles. The van der Waals surface area contributed by atoms with Gasteiger partial charge in [0.15, 0.2) is 0 Å². The molecule has 7 nitrogen and oxygen atoms in total. The first-order valence-electron chi connectivity index (χ1n) is 8.56. The van der Waals surface area contributed by atoms with Crippen molar-refractivity contribution < 1.29 is 17.9 Å². The number of piperidine rings is 1. The molecule has 0 bridgehead atoms. The SMILES string of the molecule is CC(C)C(CNC1CCN(S(C)(=O)=O)CC1)NC(=O)OC(C)(C)C. The summed E-state index contributed by atoms with van der Waals surface area (Å²) in [4.78, 5) is 11.9. The van der Waals surface area contributed by atoms with Crippen molar-refractivity contribution in [3.05, 3.63) is 0 Å². The molecule has 2 N–H and O–H groups in total. The van der Waals surface area contributed by atoms with Crippen LogP contribution in [0.15, 0.2) is 0 Å². The van der Waals surface area contributed by atoms with E-state index in [1.54, 1.807) is 0 Å². The Morgan fingerprint density at radius 2 is 1.79 bits per heavy atom. The molecular weight excluding hydrogens is 330 g/mol. The number of hydrogen-bond acceptors (Lipinski definition) is 5. The van der Waals surface area contributed by atoms with E-state index in [-0.39, 0.29) is 18.0 Å². The normalized spacial score (nSPS) is 19.3. The zero-order valence-corrected chi connectivity index (χ0v) is 16.6. The summed E-state index contributed by atoms with van der Waals surface area (Å²) < 4.78 is 29.9. The van der Waals surface area contributed by atoms with Crippen LogP contribution in [0.4, 0.5) is 4.79 Å². The Hall–Kier alpha value is -0.860. The Morgan fingerprint density at radius 3 is 2.21 bits per heavy atom. The minimum atomic E-state index is -3.10. The lowest BCUT2D eigenvalue weighted by atomic mass is 10.0. The number of ether oxygens (including phenoxy) is 1. The first kappa shape index (κ1) is 21.2. The summed E-state index contributed by atoms with van der Waals surface area (Å²) >= 11 is 0. The maximum absolute atomic E-state index is 11.9. The number of nitrogens with one attached hydrogen (secondary N) is 2. The Bertz CT molecular complexity index is 506. The van der Waals surface area contributed by atoms with Crippen molar-refractivity contribution in [2.75, 3.05) is 25.9 Å². The summed E-state index contributed by atoms with van der Waals surface area (Å²) in [5.74, 6) is 0.265. The molecule has 1 unspecified atom stereocenters. The maximum Gasteiger partial charge on any atom is 0.407 e. The van der Waals surface area contributed by atoms with Gasteiger partial charge in [-0.3, -0.25) is 0 Å². The van der Waals surface area contributed by atoms with Crippen molar-refractivity contribution in [2.45, 2.75) is 65.1 Å². The van der Waals surface area contributed by atoms with E-state index in [0.29, 0.717) is 19.6 Å². The third kappa shape index (κ3) is 7.81.